The van der Waals surface area contributed by atoms with Crippen LogP contribution in [0.15, 0.2) is 70.8 Å². The van der Waals surface area contributed by atoms with Gasteiger partial charge in [-0.2, -0.15) is 0 Å². The predicted octanol–water partition coefficient (Wildman–Crippen LogP) is 3.96. The molecule has 5 heteroatoms. The van der Waals surface area contributed by atoms with Crippen molar-refractivity contribution in [3.05, 3.63) is 98.2 Å². The van der Waals surface area contributed by atoms with Crippen LogP contribution in [0.4, 0.5) is 0 Å². The first-order valence-electron chi connectivity index (χ1n) is 9.56. The molecule has 0 unspecified atom stereocenters. The third-order valence-corrected chi connectivity index (χ3v) is 5.98. The molecule has 2 heterocycles. The Kier molecular flexibility index (Phi) is 5.37. The lowest BCUT2D eigenvalue weighted by Gasteiger charge is -2.16. The number of rotatable bonds is 6. The summed E-state index contributed by atoms with van der Waals surface area (Å²) in [5, 5.41) is 4.98. The van der Waals surface area contributed by atoms with Crippen molar-refractivity contribution < 1.29 is 5.32 Å². The predicted molar refractivity (Wildman–Crippen MR) is 115 cm³/mol. The minimum Gasteiger partial charge on any atom is -0.329 e. The van der Waals surface area contributed by atoms with Gasteiger partial charge in [0, 0.05) is 5.56 Å². The molecule has 0 radical (unpaired) electrons. The lowest BCUT2D eigenvalue weighted by molar-refractivity contribution is -0.702. The summed E-state index contributed by atoms with van der Waals surface area (Å²) in [7, 11) is 0. The molecule has 0 aliphatic rings. The van der Waals surface area contributed by atoms with Gasteiger partial charge in [0.25, 0.3) is 5.56 Å². The Balaban J connectivity index is 1.61. The van der Waals surface area contributed by atoms with Gasteiger partial charge in [-0.25, -0.2) is 4.98 Å². The van der Waals surface area contributed by atoms with Crippen LogP contribution < -0.4 is 10.9 Å². The number of nitrogens with zero attached hydrogens (tertiary/aromatic N) is 1. The summed E-state index contributed by atoms with van der Waals surface area (Å²) >= 11 is 1.75. The highest BCUT2D eigenvalue weighted by Crippen LogP contribution is 2.24. The van der Waals surface area contributed by atoms with Gasteiger partial charge in [-0.3, -0.25) is 4.79 Å². The Bertz CT molecular complexity index is 1110. The maximum absolute atomic E-state index is 12.3. The molecule has 1 atom stereocenters. The molecule has 0 saturated carbocycles. The van der Waals surface area contributed by atoms with Crippen molar-refractivity contribution in [3.8, 4) is 0 Å². The number of nitrogens with two attached hydrogens (primary N) is 1. The zero-order valence-corrected chi connectivity index (χ0v) is 16.9. The van der Waals surface area contributed by atoms with E-state index < -0.39 is 0 Å². The first kappa shape index (κ1) is 18.6. The van der Waals surface area contributed by atoms with Crippen LogP contribution in [-0.4, -0.2) is 9.97 Å². The summed E-state index contributed by atoms with van der Waals surface area (Å²) in [4.78, 5) is 21.2. The Morgan fingerprint density at radius 2 is 1.75 bits per heavy atom. The monoisotopic (exact) mass is 390 g/mol. The Hall–Kier alpha value is -2.76. The molecule has 4 aromatic rings. The zero-order chi connectivity index (χ0) is 19.5. The van der Waals surface area contributed by atoms with E-state index in [2.05, 4.69) is 70.9 Å². The van der Waals surface area contributed by atoms with Crippen molar-refractivity contribution >= 4 is 22.2 Å². The summed E-state index contributed by atoms with van der Waals surface area (Å²) in [5.41, 5.74) is 3.26. The van der Waals surface area contributed by atoms with Crippen molar-refractivity contribution in [2.24, 2.45) is 0 Å². The second-order valence-electron chi connectivity index (χ2n) is 7.28. The number of aromatic nitrogens is 2. The van der Waals surface area contributed by atoms with Gasteiger partial charge in [0.05, 0.1) is 15.8 Å². The Morgan fingerprint density at radius 1 is 1.00 bits per heavy atom. The first-order chi connectivity index (χ1) is 13.6. The second-order valence-corrected chi connectivity index (χ2v) is 8.26. The van der Waals surface area contributed by atoms with Crippen LogP contribution >= 0.6 is 11.3 Å². The number of quaternary nitrogens is 1. The summed E-state index contributed by atoms with van der Waals surface area (Å²) in [6.07, 6.45) is 0. The van der Waals surface area contributed by atoms with Gasteiger partial charge < -0.3 is 10.3 Å². The van der Waals surface area contributed by atoms with Crippen LogP contribution in [0.3, 0.4) is 0 Å². The van der Waals surface area contributed by atoms with Gasteiger partial charge in [0.15, 0.2) is 5.82 Å². The average Bonchev–Trinajstić information content (AvgIpc) is 3.23. The van der Waals surface area contributed by atoms with E-state index in [1.807, 2.05) is 18.2 Å². The van der Waals surface area contributed by atoms with Gasteiger partial charge >= 0.3 is 0 Å². The molecule has 2 aromatic heterocycles. The average molecular weight is 391 g/mol. The van der Waals surface area contributed by atoms with E-state index >= 15 is 0 Å². The van der Waals surface area contributed by atoms with Crippen molar-refractivity contribution in [2.45, 2.75) is 32.4 Å². The smallest absolute Gasteiger partial charge is 0.258 e. The van der Waals surface area contributed by atoms with Crippen LogP contribution in [0.2, 0.25) is 0 Å². The number of nitrogens with one attached hydrogen (secondary N) is 1. The third-order valence-electron chi connectivity index (χ3n) is 5.02. The van der Waals surface area contributed by atoms with Gasteiger partial charge in [-0.15, -0.1) is 11.3 Å². The second kappa shape index (κ2) is 8.09. The molecule has 0 bridgehead atoms. The first-order valence-corrected chi connectivity index (χ1v) is 10.4. The minimum absolute atomic E-state index is 0.0806. The summed E-state index contributed by atoms with van der Waals surface area (Å²) < 4.78 is 0. The fourth-order valence-corrected chi connectivity index (χ4v) is 4.28. The third kappa shape index (κ3) is 3.91. The maximum atomic E-state index is 12.3. The molecule has 28 heavy (non-hydrogen) atoms. The number of aromatic amines is 1. The molecular formula is C23H24N3OS+. The largest absolute Gasteiger partial charge is 0.329 e. The van der Waals surface area contributed by atoms with Crippen LogP contribution in [0.5, 0.6) is 0 Å². The number of H-pyrrole nitrogens is 1. The fraction of sp³-hybridized carbons (Fsp3) is 0.217. The molecule has 0 spiro atoms. The molecule has 0 fully saturated rings. The van der Waals surface area contributed by atoms with E-state index in [1.54, 1.807) is 17.4 Å². The van der Waals surface area contributed by atoms with Crippen LogP contribution in [0.25, 0.3) is 10.9 Å². The van der Waals surface area contributed by atoms with Crippen molar-refractivity contribution in [1.82, 2.24) is 9.97 Å². The molecular weight excluding hydrogens is 366 g/mol. The number of hydrogen-bond donors (Lipinski definition) is 2. The van der Waals surface area contributed by atoms with Crippen LogP contribution in [0.1, 0.15) is 47.6 Å². The lowest BCUT2D eigenvalue weighted by Crippen LogP contribution is -2.84. The molecule has 0 saturated heterocycles. The molecule has 0 amide bonds. The van der Waals surface area contributed by atoms with Gasteiger partial charge in [0.2, 0.25) is 0 Å². The highest BCUT2D eigenvalue weighted by Gasteiger charge is 2.19. The van der Waals surface area contributed by atoms with E-state index in [0.717, 1.165) is 5.52 Å². The van der Waals surface area contributed by atoms with Gasteiger partial charge in [-0.1, -0.05) is 56.3 Å². The molecule has 0 aliphatic carbocycles. The molecule has 0 aliphatic heterocycles. The Morgan fingerprint density at radius 3 is 2.46 bits per heavy atom. The van der Waals surface area contributed by atoms with E-state index in [1.165, 1.54) is 16.0 Å². The zero-order valence-electron chi connectivity index (χ0n) is 16.1. The quantitative estimate of drug-likeness (QED) is 0.523. The van der Waals surface area contributed by atoms with E-state index in [9.17, 15) is 4.79 Å². The van der Waals surface area contributed by atoms with E-state index in [4.69, 9.17) is 0 Å². The molecule has 142 valence electrons. The lowest BCUT2D eigenvalue weighted by atomic mass is 9.98. The standard InChI is InChI=1S/C23H23N3OS/c1-15(2)16-9-11-17(12-10-16)22(20-8-5-13-28-20)24-14-21-25-19-7-4-3-6-18(19)23(27)26-21/h3-13,15,22,24H,14H2,1-2H3,(H,25,26,27)/p+1/t22-/m0/s1. The van der Waals surface area contributed by atoms with E-state index in [-0.39, 0.29) is 11.6 Å². The number of thiophene rings is 1. The topological polar surface area (TPSA) is 62.4 Å². The Labute approximate surface area is 168 Å². The van der Waals surface area contributed by atoms with Crippen molar-refractivity contribution in [2.75, 3.05) is 0 Å². The van der Waals surface area contributed by atoms with Crippen LogP contribution in [0, 0.1) is 0 Å². The SMILES string of the molecule is CC(C)c1ccc([C@H]([NH2+]Cc2nc3ccccc3c(=O)[nH]2)c2cccs2)cc1. The highest BCUT2D eigenvalue weighted by molar-refractivity contribution is 7.10. The minimum atomic E-state index is -0.0806. The van der Waals surface area contributed by atoms with Crippen molar-refractivity contribution in [1.29, 1.82) is 0 Å². The number of fused-ring (bicyclic) bond motifs is 1. The van der Waals surface area contributed by atoms with E-state index in [0.29, 0.717) is 23.7 Å². The molecule has 2 aromatic carbocycles. The number of hydrogen-bond acceptors (Lipinski definition) is 3. The molecule has 4 nitrogen and oxygen atoms in total. The van der Waals surface area contributed by atoms with Gasteiger partial charge in [0.1, 0.15) is 12.6 Å². The summed E-state index contributed by atoms with van der Waals surface area (Å²) in [6, 6.07) is 20.7. The molecule has 3 N–H and O–H groups in total. The van der Waals surface area contributed by atoms with Crippen LogP contribution in [-0.2, 0) is 6.54 Å². The maximum Gasteiger partial charge on any atom is 0.258 e. The number of benzene rings is 2. The van der Waals surface area contributed by atoms with Crippen molar-refractivity contribution in [3.63, 3.8) is 0 Å². The number of para-hydroxylation sites is 1. The normalized spacial score (nSPS) is 12.5. The fourth-order valence-electron chi connectivity index (χ4n) is 3.43. The summed E-state index contributed by atoms with van der Waals surface area (Å²) in [5.74, 6) is 1.22. The van der Waals surface area contributed by atoms with Gasteiger partial charge in [-0.05, 0) is 35.1 Å². The molecule has 4 rings (SSSR count). The highest BCUT2D eigenvalue weighted by atomic mass is 32.1. The summed E-state index contributed by atoms with van der Waals surface area (Å²) in [6.45, 7) is 5.02.